The number of imide groups is 1. The molecule has 2 aromatic heterocycles. The Morgan fingerprint density at radius 3 is 2.47 bits per heavy atom. The quantitative estimate of drug-likeness (QED) is 0.563. The first-order chi connectivity index (χ1) is 15.5. The van der Waals surface area contributed by atoms with Gasteiger partial charge in [0, 0.05) is 25.2 Å². The number of carbonyl (C=O) groups excluding carboxylic acids is 2. The molecule has 0 spiro atoms. The number of hydrogen-bond acceptors (Lipinski definition) is 5. The van der Waals surface area contributed by atoms with Gasteiger partial charge in [-0.1, -0.05) is 18.2 Å². The number of hydrogen-bond donors (Lipinski definition) is 0. The maximum absolute atomic E-state index is 13.0. The van der Waals surface area contributed by atoms with Gasteiger partial charge in [0.15, 0.2) is 0 Å². The molecule has 2 amide bonds. The fourth-order valence-electron chi connectivity index (χ4n) is 4.36. The molecule has 1 atom stereocenters. The Kier molecular flexibility index (Phi) is 5.13. The van der Waals surface area contributed by atoms with Gasteiger partial charge in [0.2, 0.25) is 0 Å². The number of carbonyl (C=O) groups is 2. The minimum absolute atomic E-state index is 0.106. The molecule has 5 rings (SSSR count). The second-order valence-electron chi connectivity index (χ2n) is 7.98. The summed E-state index contributed by atoms with van der Waals surface area (Å²) in [5.74, 6) is 0.103. The molecular weight excluding hydrogens is 414 g/mol. The van der Waals surface area contributed by atoms with Crippen LogP contribution in [-0.2, 0) is 6.54 Å². The predicted octanol–water partition coefficient (Wildman–Crippen LogP) is 4.20. The van der Waals surface area contributed by atoms with Crippen LogP contribution in [0.15, 0.2) is 60.8 Å². The standard InChI is InChI=1S/C24H20F2N4O2/c25-22(26)20-6-3-7-21(28-20)29-11-9-16(13-29)15-8-10-27-17(12-15)14-30-23(31)18-4-1-2-5-19(18)24(30)32/h1-8,10,12,16,22H,9,11,13-14H2. The fraction of sp³-hybridized carbons (Fsp3) is 0.250. The third-order valence-electron chi connectivity index (χ3n) is 6.00. The van der Waals surface area contributed by atoms with E-state index in [1.54, 1.807) is 42.6 Å². The number of nitrogens with zero attached hydrogens (tertiary/aromatic N) is 4. The summed E-state index contributed by atoms with van der Waals surface area (Å²) in [6.45, 7) is 1.46. The van der Waals surface area contributed by atoms with Crippen molar-refractivity contribution in [3.63, 3.8) is 0 Å². The van der Waals surface area contributed by atoms with E-state index in [2.05, 4.69) is 9.97 Å². The Balaban J connectivity index is 1.31. The first-order valence-corrected chi connectivity index (χ1v) is 10.4. The van der Waals surface area contributed by atoms with E-state index in [4.69, 9.17) is 0 Å². The molecule has 0 N–H and O–H groups in total. The van der Waals surface area contributed by atoms with Gasteiger partial charge in [-0.2, -0.15) is 0 Å². The number of benzene rings is 1. The lowest BCUT2D eigenvalue weighted by atomic mass is 9.99. The van der Waals surface area contributed by atoms with E-state index in [0.717, 1.165) is 12.0 Å². The highest BCUT2D eigenvalue weighted by Gasteiger charge is 2.35. The van der Waals surface area contributed by atoms with Gasteiger partial charge in [0.1, 0.15) is 11.5 Å². The van der Waals surface area contributed by atoms with Gasteiger partial charge >= 0.3 is 0 Å². The van der Waals surface area contributed by atoms with E-state index in [-0.39, 0.29) is 30.0 Å². The zero-order chi connectivity index (χ0) is 22.2. The van der Waals surface area contributed by atoms with Gasteiger partial charge in [-0.15, -0.1) is 0 Å². The van der Waals surface area contributed by atoms with Crippen molar-refractivity contribution in [1.29, 1.82) is 0 Å². The van der Waals surface area contributed by atoms with Crippen LogP contribution in [0.3, 0.4) is 0 Å². The van der Waals surface area contributed by atoms with Crippen LogP contribution in [0, 0.1) is 0 Å². The molecule has 4 heterocycles. The third kappa shape index (κ3) is 3.62. The van der Waals surface area contributed by atoms with E-state index < -0.39 is 6.43 Å². The highest BCUT2D eigenvalue weighted by atomic mass is 19.3. The monoisotopic (exact) mass is 434 g/mol. The summed E-state index contributed by atoms with van der Waals surface area (Å²) >= 11 is 0. The molecule has 32 heavy (non-hydrogen) atoms. The lowest BCUT2D eigenvalue weighted by Crippen LogP contribution is -2.29. The highest BCUT2D eigenvalue weighted by molar-refractivity contribution is 6.21. The summed E-state index contributed by atoms with van der Waals surface area (Å²) < 4.78 is 26.0. The molecule has 1 unspecified atom stereocenters. The van der Waals surface area contributed by atoms with Crippen molar-refractivity contribution >= 4 is 17.6 Å². The topological polar surface area (TPSA) is 66.4 Å². The summed E-state index contributed by atoms with van der Waals surface area (Å²) in [5, 5.41) is 0. The molecule has 1 saturated heterocycles. The molecule has 1 fully saturated rings. The molecule has 8 heteroatoms. The molecule has 2 aliphatic rings. The Labute approximate surface area is 183 Å². The number of alkyl halides is 2. The van der Waals surface area contributed by atoms with Crippen molar-refractivity contribution in [2.75, 3.05) is 18.0 Å². The second kappa shape index (κ2) is 8.11. The Hall–Kier alpha value is -3.68. The highest BCUT2D eigenvalue weighted by Crippen LogP contribution is 2.31. The summed E-state index contributed by atoms with van der Waals surface area (Å²) in [6.07, 6.45) is -0.0728. The molecular formula is C24H20F2N4O2. The van der Waals surface area contributed by atoms with Crippen LogP contribution in [-0.4, -0.2) is 39.8 Å². The van der Waals surface area contributed by atoms with Crippen LogP contribution in [0.1, 0.15) is 56.4 Å². The second-order valence-corrected chi connectivity index (χ2v) is 7.98. The van der Waals surface area contributed by atoms with E-state index in [9.17, 15) is 18.4 Å². The minimum atomic E-state index is -2.60. The molecule has 0 aliphatic carbocycles. The Morgan fingerprint density at radius 1 is 1.00 bits per heavy atom. The van der Waals surface area contributed by atoms with Crippen LogP contribution in [0.5, 0.6) is 0 Å². The molecule has 0 saturated carbocycles. The summed E-state index contributed by atoms with van der Waals surface area (Å²) in [4.78, 5) is 36.9. The molecule has 1 aromatic carbocycles. The normalized spacial score (nSPS) is 18.0. The average molecular weight is 434 g/mol. The first kappa shape index (κ1) is 20.2. The van der Waals surface area contributed by atoms with E-state index in [0.29, 0.717) is 35.7 Å². The Bertz CT molecular complexity index is 1160. The van der Waals surface area contributed by atoms with E-state index in [1.807, 2.05) is 17.0 Å². The van der Waals surface area contributed by atoms with Gasteiger partial charge < -0.3 is 4.90 Å². The van der Waals surface area contributed by atoms with Gasteiger partial charge in [0.25, 0.3) is 18.2 Å². The van der Waals surface area contributed by atoms with Gasteiger partial charge in [-0.05, 0) is 48.4 Å². The molecule has 0 bridgehead atoms. The van der Waals surface area contributed by atoms with Crippen LogP contribution in [0.25, 0.3) is 0 Å². The van der Waals surface area contributed by atoms with Gasteiger partial charge in [-0.25, -0.2) is 13.8 Å². The van der Waals surface area contributed by atoms with Crippen LogP contribution >= 0.6 is 0 Å². The number of pyridine rings is 2. The van der Waals surface area contributed by atoms with Gasteiger partial charge in [0.05, 0.1) is 23.4 Å². The number of halogens is 2. The number of aromatic nitrogens is 2. The molecule has 6 nitrogen and oxygen atoms in total. The maximum atomic E-state index is 13.0. The molecule has 3 aromatic rings. The zero-order valence-electron chi connectivity index (χ0n) is 17.1. The summed E-state index contributed by atoms with van der Waals surface area (Å²) in [5.41, 5.74) is 2.28. The zero-order valence-corrected chi connectivity index (χ0v) is 17.1. The van der Waals surface area contributed by atoms with Crippen molar-refractivity contribution in [2.45, 2.75) is 25.3 Å². The number of anilines is 1. The first-order valence-electron chi connectivity index (χ1n) is 10.4. The lowest BCUT2D eigenvalue weighted by Gasteiger charge is -2.19. The smallest absolute Gasteiger partial charge is 0.280 e. The van der Waals surface area contributed by atoms with Gasteiger partial charge in [-0.3, -0.25) is 19.5 Å². The van der Waals surface area contributed by atoms with Crippen LogP contribution < -0.4 is 4.90 Å². The van der Waals surface area contributed by atoms with Crippen molar-refractivity contribution in [2.24, 2.45) is 0 Å². The number of fused-ring (bicyclic) bond motifs is 1. The number of rotatable bonds is 5. The summed E-state index contributed by atoms with van der Waals surface area (Å²) in [7, 11) is 0. The largest absolute Gasteiger partial charge is 0.356 e. The van der Waals surface area contributed by atoms with Crippen LogP contribution in [0.2, 0.25) is 0 Å². The average Bonchev–Trinajstić information content (AvgIpc) is 3.40. The van der Waals surface area contributed by atoms with E-state index >= 15 is 0 Å². The summed E-state index contributed by atoms with van der Waals surface area (Å²) in [6, 6.07) is 15.3. The molecule has 162 valence electrons. The van der Waals surface area contributed by atoms with E-state index in [1.165, 1.54) is 11.0 Å². The Morgan fingerprint density at radius 2 is 1.75 bits per heavy atom. The van der Waals surface area contributed by atoms with Crippen molar-refractivity contribution in [3.8, 4) is 0 Å². The number of amides is 2. The fourth-order valence-corrected chi connectivity index (χ4v) is 4.36. The maximum Gasteiger partial charge on any atom is 0.280 e. The van der Waals surface area contributed by atoms with Crippen molar-refractivity contribution < 1.29 is 18.4 Å². The SMILES string of the molecule is O=C1c2ccccc2C(=O)N1Cc1cc(C2CCN(c3cccc(C(F)F)n3)C2)ccn1. The minimum Gasteiger partial charge on any atom is -0.356 e. The van der Waals surface area contributed by atoms with Crippen LogP contribution in [0.4, 0.5) is 14.6 Å². The van der Waals surface area contributed by atoms with Crippen molar-refractivity contribution in [1.82, 2.24) is 14.9 Å². The lowest BCUT2D eigenvalue weighted by molar-refractivity contribution is 0.0640. The predicted molar refractivity (Wildman–Crippen MR) is 114 cm³/mol. The van der Waals surface area contributed by atoms with Crippen molar-refractivity contribution in [3.05, 3.63) is 88.9 Å². The molecule has 0 radical (unpaired) electrons. The third-order valence-corrected chi connectivity index (χ3v) is 6.00. The molecule has 2 aliphatic heterocycles.